The SMILES string of the molecule is CCCCCCCCCCC(=O)N1CCC(S(=O)(=O)CC(=O)NC)CC1. The quantitative estimate of drug-likeness (QED) is 0.521. The van der Waals surface area contributed by atoms with Gasteiger partial charge in [-0.2, -0.15) is 0 Å². The molecule has 0 atom stereocenters. The van der Waals surface area contributed by atoms with E-state index >= 15 is 0 Å². The molecule has 1 aliphatic rings. The molecule has 6 nitrogen and oxygen atoms in total. The van der Waals surface area contributed by atoms with E-state index in [1.165, 1.54) is 45.6 Å². The predicted octanol–water partition coefficient (Wildman–Crippen LogP) is 2.67. The number of rotatable bonds is 12. The Hall–Kier alpha value is -1.11. The lowest BCUT2D eigenvalue weighted by molar-refractivity contribution is -0.132. The summed E-state index contributed by atoms with van der Waals surface area (Å²) in [4.78, 5) is 25.4. The van der Waals surface area contributed by atoms with E-state index in [4.69, 9.17) is 0 Å². The molecule has 0 aliphatic carbocycles. The van der Waals surface area contributed by atoms with Gasteiger partial charge in [-0.1, -0.05) is 51.9 Å². The van der Waals surface area contributed by atoms with Crippen LogP contribution in [-0.4, -0.2) is 56.3 Å². The number of hydrogen-bond donors (Lipinski definition) is 1. The van der Waals surface area contributed by atoms with Gasteiger partial charge in [-0.05, 0) is 19.3 Å². The van der Waals surface area contributed by atoms with Gasteiger partial charge >= 0.3 is 0 Å². The average molecular weight is 389 g/mol. The first-order valence-electron chi connectivity index (χ1n) is 10.1. The summed E-state index contributed by atoms with van der Waals surface area (Å²) in [5.74, 6) is -0.795. The third-order valence-corrected chi connectivity index (χ3v) is 7.31. The highest BCUT2D eigenvalue weighted by Gasteiger charge is 2.32. The van der Waals surface area contributed by atoms with Crippen LogP contribution in [0.5, 0.6) is 0 Å². The zero-order valence-corrected chi connectivity index (χ0v) is 17.3. The smallest absolute Gasteiger partial charge is 0.234 e. The summed E-state index contributed by atoms with van der Waals surface area (Å²) in [6.45, 7) is 3.17. The molecule has 0 bridgehead atoms. The highest BCUT2D eigenvalue weighted by molar-refractivity contribution is 7.92. The largest absolute Gasteiger partial charge is 0.358 e. The van der Waals surface area contributed by atoms with E-state index in [0.717, 1.165) is 12.8 Å². The first-order chi connectivity index (χ1) is 12.4. The van der Waals surface area contributed by atoms with E-state index in [1.54, 1.807) is 4.90 Å². The number of likely N-dealkylation sites (tertiary alicyclic amines) is 1. The summed E-state index contributed by atoms with van der Waals surface area (Å²) in [5, 5.41) is 1.84. The number of nitrogens with one attached hydrogen (secondary N) is 1. The number of amides is 2. The van der Waals surface area contributed by atoms with Crippen LogP contribution in [0.3, 0.4) is 0 Å². The Morgan fingerprint density at radius 1 is 0.962 bits per heavy atom. The van der Waals surface area contributed by atoms with Gasteiger partial charge < -0.3 is 10.2 Å². The van der Waals surface area contributed by atoms with E-state index in [9.17, 15) is 18.0 Å². The van der Waals surface area contributed by atoms with Crippen molar-refractivity contribution in [2.75, 3.05) is 25.9 Å². The Balaban J connectivity index is 2.20. The molecule has 0 spiro atoms. The Kier molecular flexibility index (Phi) is 10.9. The van der Waals surface area contributed by atoms with Crippen molar-refractivity contribution >= 4 is 21.7 Å². The van der Waals surface area contributed by atoms with Crippen molar-refractivity contribution in [1.82, 2.24) is 10.2 Å². The molecule has 152 valence electrons. The molecule has 2 amide bonds. The summed E-state index contributed by atoms with van der Waals surface area (Å²) in [6, 6.07) is 0. The van der Waals surface area contributed by atoms with Gasteiger partial charge in [0.05, 0.1) is 5.25 Å². The fourth-order valence-electron chi connectivity index (χ4n) is 3.41. The maximum Gasteiger partial charge on any atom is 0.234 e. The number of carbonyl (C=O) groups is 2. The van der Waals surface area contributed by atoms with Crippen LogP contribution in [-0.2, 0) is 19.4 Å². The molecule has 0 saturated carbocycles. The van der Waals surface area contributed by atoms with Crippen molar-refractivity contribution in [1.29, 1.82) is 0 Å². The first-order valence-corrected chi connectivity index (χ1v) is 11.8. The van der Waals surface area contributed by atoms with Gasteiger partial charge in [-0.15, -0.1) is 0 Å². The second-order valence-electron chi connectivity index (χ2n) is 7.29. The van der Waals surface area contributed by atoms with Crippen LogP contribution in [0.4, 0.5) is 0 Å². The summed E-state index contributed by atoms with van der Waals surface area (Å²) >= 11 is 0. The lowest BCUT2D eigenvalue weighted by Crippen LogP contribution is -2.44. The molecule has 1 rings (SSSR count). The van der Waals surface area contributed by atoms with Crippen molar-refractivity contribution in [2.45, 2.75) is 82.8 Å². The second kappa shape index (κ2) is 12.3. The number of unbranched alkanes of at least 4 members (excludes halogenated alkanes) is 7. The van der Waals surface area contributed by atoms with Gasteiger partial charge in [0, 0.05) is 26.6 Å². The van der Waals surface area contributed by atoms with Crippen molar-refractivity contribution in [3.05, 3.63) is 0 Å². The van der Waals surface area contributed by atoms with Crippen LogP contribution in [0.15, 0.2) is 0 Å². The topological polar surface area (TPSA) is 83.6 Å². The molecular weight excluding hydrogens is 352 g/mol. The van der Waals surface area contributed by atoms with E-state index in [1.807, 2.05) is 0 Å². The maximum absolute atomic E-state index is 12.3. The molecule has 1 saturated heterocycles. The Bertz CT molecular complexity index is 526. The zero-order valence-electron chi connectivity index (χ0n) is 16.5. The fourth-order valence-corrected chi connectivity index (χ4v) is 5.08. The zero-order chi connectivity index (χ0) is 19.4. The second-order valence-corrected chi connectivity index (χ2v) is 9.57. The standard InChI is InChI=1S/C19H36N2O4S/c1-3-4-5-6-7-8-9-10-11-19(23)21-14-12-17(13-15-21)26(24,25)16-18(22)20-2/h17H,3-16H2,1-2H3,(H,20,22). The van der Waals surface area contributed by atoms with E-state index < -0.39 is 26.7 Å². The maximum atomic E-state index is 12.3. The van der Waals surface area contributed by atoms with Crippen LogP contribution in [0.1, 0.15) is 77.6 Å². The molecule has 1 aliphatic heterocycles. The predicted molar refractivity (Wildman–Crippen MR) is 105 cm³/mol. The first kappa shape index (κ1) is 22.9. The molecule has 0 radical (unpaired) electrons. The molecular formula is C19H36N2O4S. The van der Waals surface area contributed by atoms with Crippen molar-refractivity contribution in [3.63, 3.8) is 0 Å². The minimum atomic E-state index is -3.43. The molecule has 26 heavy (non-hydrogen) atoms. The van der Waals surface area contributed by atoms with Crippen molar-refractivity contribution in [3.8, 4) is 0 Å². The summed E-state index contributed by atoms with van der Waals surface area (Å²) in [5.41, 5.74) is 0. The molecule has 7 heteroatoms. The summed E-state index contributed by atoms with van der Waals surface area (Å²) in [6.07, 6.45) is 11.1. The lowest BCUT2D eigenvalue weighted by atomic mass is 10.1. The van der Waals surface area contributed by atoms with Crippen molar-refractivity contribution in [2.24, 2.45) is 0 Å². The van der Waals surface area contributed by atoms with Crippen LogP contribution in [0, 0.1) is 0 Å². The Morgan fingerprint density at radius 3 is 2.04 bits per heavy atom. The van der Waals surface area contributed by atoms with Crippen LogP contribution in [0.2, 0.25) is 0 Å². The minimum Gasteiger partial charge on any atom is -0.358 e. The number of sulfone groups is 1. The fraction of sp³-hybridized carbons (Fsp3) is 0.895. The Morgan fingerprint density at radius 2 is 1.50 bits per heavy atom. The van der Waals surface area contributed by atoms with E-state index in [0.29, 0.717) is 32.4 Å². The molecule has 1 fully saturated rings. The number of nitrogens with zero attached hydrogens (tertiary/aromatic N) is 1. The minimum absolute atomic E-state index is 0.137. The van der Waals surface area contributed by atoms with Crippen LogP contribution in [0.25, 0.3) is 0 Å². The van der Waals surface area contributed by atoms with Crippen molar-refractivity contribution < 1.29 is 18.0 Å². The third kappa shape index (κ3) is 8.52. The van der Waals surface area contributed by atoms with Gasteiger partial charge in [0.2, 0.25) is 11.8 Å². The third-order valence-electron chi connectivity index (χ3n) is 5.16. The molecule has 1 N–H and O–H groups in total. The van der Waals surface area contributed by atoms with Gasteiger partial charge in [0.1, 0.15) is 5.75 Å². The van der Waals surface area contributed by atoms with Gasteiger partial charge in [-0.3, -0.25) is 9.59 Å². The van der Waals surface area contributed by atoms with Gasteiger partial charge in [-0.25, -0.2) is 8.42 Å². The van der Waals surface area contributed by atoms with E-state index in [2.05, 4.69) is 12.2 Å². The highest BCUT2D eigenvalue weighted by atomic mass is 32.2. The lowest BCUT2D eigenvalue weighted by Gasteiger charge is -2.31. The normalized spacial score (nSPS) is 15.8. The molecule has 1 heterocycles. The molecule has 0 aromatic heterocycles. The van der Waals surface area contributed by atoms with Gasteiger partial charge in [0.15, 0.2) is 9.84 Å². The number of hydrogen-bond acceptors (Lipinski definition) is 4. The summed E-state index contributed by atoms with van der Waals surface area (Å²) < 4.78 is 24.4. The molecule has 0 aromatic rings. The number of piperidine rings is 1. The Labute approximate surface area is 159 Å². The molecule has 0 aromatic carbocycles. The average Bonchev–Trinajstić information content (AvgIpc) is 2.63. The number of carbonyl (C=O) groups excluding carboxylic acids is 2. The van der Waals surface area contributed by atoms with Gasteiger partial charge in [0.25, 0.3) is 0 Å². The van der Waals surface area contributed by atoms with Crippen LogP contribution >= 0.6 is 0 Å². The highest BCUT2D eigenvalue weighted by Crippen LogP contribution is 2.20. The molecule has 0 unspecified atom stereocenters. The van der Waals surface area contributed by atoms with E-state index in [-0.39, 0.29) is 5.91 Å². The summed E-state index contributed by atoms with van der Waals surface area (Å²) in [7, 11) is -1.99. The monoisotopic (exact) mass is 388 g/mol. The van der Waals surface area contributed by atoms with Crippen LogP contribution < -0.4 is 5.32 Å².